The molecule has 2 rings (SSSR count). The van der Waals surface area contributed by atoms with Crippen LogP contribution in [0.25, 0.3) is 0 Å². The van der Waals surface area contributed by atoms with E-state index in [9.17, 15) is 9.18 Å². The summed E-state index contributed by atoms with van der Waals surface area (Å²) in [6.45, 7) is 1.38. The average Bonchev–Trinajstić information content (AvgIpc) is 2.61. The molecule has 4 nitrogen and oxygen atoms in total. The second-order valence-electron chi connectivity index (χ2n) is 6.29. The third kappa shape index (κ3) is 5.29. The number of hydrogen-bond donors (Lipinski definition) is 1. The SMILES string of the molecule is CN(CCCNC(=O)[C@@H](c1ccccc1F)N(C)C)c1ccccc1. The van der Waals surface area contributed by atoms with Gasteiger partial charge in [0.05, 0.1) is 0 Å². The normalized spacial score (nSPS) is 12.0. The van der Waals surface area contributed by atoms with Crippen LogP contribution < -0.4 is 10.2 Å². The van der Waals surface area contributed by atoms with Crippen LogP contribution in [0.5, 0.6) is 0 Å². The standard InChI is InChI=1S/C20H26FN3O/c1-23(2)19(17-12-7-8-13-18(17)21)20(25)22-14-9-15-24(3)16-10-5-4-6-11-16/h4-8,10-13,19H,9,14-15H2,1-3H3,(H,22,25)/t19-/m1/s1. The van der Waals surface area contributed by atoms with Gasteiger partial charge < -0.3 is 10.2 Å². The van der Waals surface area contributed by atoms with Crippen molar-refractivity contribution in [3.63, 3.8) is 0 Å². The van der Waals surface area contributed by atoms with Crippen LogP contribution in [-0.4, -0.2) is 45.0 Å². The minimum Gasteiger partial charge on any atom is -0.375 e. The lowest BCUT2D eigenvalue weighted by molar-refractivity contribution is -0.125. The van der Waals surface area contributed by atoms with Crippen LogP contribution >= 0.6 is 0 Å². The average molecular weight is 343 g/mol. The zero-order valence-corrected chi connectivity index (χ0v) is 15.1. The van der Waals surface area contributed by atoms with Crippen molar-refractivity contribution in [1.29, 1.82) is 0 Å². The summed E-state index contributed by atoms with van der Waals surface area (Å²) in [7, 11) is 5.58. The molecule has 0 saturated carbocycles. The van der Waals surface area contributed by atoms with Crippen LogP contribution in [0.15, 0.2) is 54.6 Å². The molecule has 0 fully saturated rings. The number of benzene rings is 2. The van der Waals surface area contributed by atoms with Crippen molar-refractivity contribution >= 4 is 11.6 Å². The molecule has 0 aliphatic heterocycles. The van der Waals surface area contributed by atoms with Crippen LogP contribution in [0.3, 0.4) is 0 Å². The van der Waals surface area contributed by atoms with Gasteiger partial charge in [0.15, 0.2) is 0 Å². The number of carbonyl (C=O) groups excluding carboxylic acids is 1. The minimum atomic E-state index is -0.631. The predicted molar refractivity (Wildman–Crippen MR) is 100 cm³/mol. The molecule has 134 valence electrons. The second-order valence-corrected chi connectivity index (χ2v) is 6.29. The van der Waals surface area contributed by atoms with Gasteiger partial charge in [0, 0.05) is 31.4 Å². The van der Waals surface area contributed by atoms with E-state index in [1.165, 1.54) is 6.07 Å². The topological polar surface area (TPSA) is 35.6 Å². The minimum absolute atomic E-state index is 0.183. The quantitative estimate of drug-likeness (QED) is 0.748. The molecule has 5 heteroatoms. The van der Waals surface area contributed by atoms with E-state index in [0.29, 0.717) is 12.1 Å². The van der Waals surface area contributed by atoms with Crippen molar-refractivity contribution in [1.82, 2.24) is 10.2 Å². The number of amides is 1. The molecule has 0 aliphatic carbocycles. The van der Waals surface area contributed by atoms with Gasteiger partial charge in [0.2, 0.25) is 5.91 Å². The van der Waals surface area contributed by atoms with Crippen LogP contribution in [0, 0.1) is 5.82 Å². The number of nitrogens with one attached hydrogen (secondary N) is 1. The van der Waals surface area contributed by atoms with Gasteiger partial charge in [-0.15, -0.1) is 0 Å². The van der Waals surface area contributed by atoms with E-state index in [4.69, 9.17) is 0 Å². The molecule has 0 aromatic heterocycles. The number of nitrogens with zero attached hydrogens (tertiary/aromatic N) is 2. The number of hydrogen-bond acceptors (Lipinski definition) is 3. The number of carbonyl (C=O) groups is 1. The summed E-state index contributed by atoms with van der Waals surface area (Å²) in [5, 5.41) is 2.92. The summed E-state index contributed by atoms with van der Waals surface area (Å²) in [6, 6.07) is 15.9. The lowest BCUT2D eigenvalue weighted by atomic mass is 10.0. The van der Waals surface area contributed by atoms with Crippen LogP contribution in [0.4, 0.5) is 10.1 Å². The largest absolute Gasteiger partial charge is 0.375 e. The maximum Gasteiger partial charge on any atom is 0.242 e. The van der Waals surface area contributed by atoms with Crippen molar-refractivity contribution in [2.45, 2.75) is 12.5 Å². The third-order valence-electron chi connectivity index (χ3n) is 4.13. The Hall–Kier alpha value is -2.40. The Morgan fingerprint density at radius 2 is 1.68 bits per heavy atom. The first-order valence-corrected chi connectivity index (χ1v) is 8.45. The molecule has 2 aromatic carbocycles. The van der Waals surface area contributed by atoms with Crippen LogP contribution in [0.1, 0.15) is 18.0 Å². The molecule has 0 saturated heterocycles. The summed E-state index contributed by atoms with van der Waals surface area (Å²) >= 11 is 0. The van der Waals surface area contributed by atoms with Crippen molar-refractivity contribution in [2.24, 2.45) is 0 Å². The maximum absolute atomic E-state index is 14.0. The van der Waals surface area contributed by atoms with Crippen molar-refractivity contribution < 1.29 is 9.18 Å². The summed E-state index contributed by atoms with van der Waals surface area (Å²) < 4.78 is 14.0. The van der Waals surface area contributed by atoms with Gasteiger partial charge in [-0.2, -0.15) is 0 Å². The Morgan fingerprint density at radius 3 is 2.32 bits per heavy atom. The molecule has 1 amide bonds. The zero-order chi connectivity index (χ0) is 18.2. The van der Waals surface area contributed by atoms with E-state index in [2.05, 4.69) is 22.3 Å². The van der Waals surface area contributed by atoms with Crippen molar-refractivity contribution in [3.05, 3.63) is 66.0 Å². The van der Waals surface area contributed by atoms with E-state index in [-0.39, 0.29) is 11.7 Å². The van der Waals surface area contributed by atoms with Gasteiger partial charge in [-0.25, -0.2) is 4.39 Å². The highest BCUT2D eigenvalue weighted by Crippen LogP contribution is 2.21. The fourth-order valence-corrected chi connectivity index (χ4v) is 2.79. The van der Waals surface area contributed by atoms with Crippen LogP contribution in [-0.2, 0) is 4.79 Å². The first kappa shape index (κ1) is 18.9. The summed E-state index contributed by atoms with van der Waals surface area (Å²) in [5.74, 6) is -0.544. The highest BCUT2D eigenvalue weighted by atomic mass is 19.1. The second kappa shape index (κ2) is 9.18. The van der Waals surface area contributed by atoms with Crippen LogP contribution in [0.2, 0.25) is 0 Å². The van der Waals surface area contributed by atoms with Gasteiger partial charge in [-0.05, 0) is 38.7 Å². The summed E-state index contributed by atoms with van der Waals surface area (Å²) in [5.41, 5.74) is 1.54. The molecule has 2 aromatic rings. The maximum atomic E-state index is 14.0. The Balaban J connectivity index is 1.87. The summed E-state index contributed by atoms with van der Waals surface area (Å²) in [6.07, 6.45) is 0.814. The smallest absolute Gasteiger partial charge is 0.242 e. The monoisotopic (exact) mass is 343 g/mol. The first-order valence-electron chi connectivity index (χ1n) is 8.45. The highest BCUT2D eigenvalue weighted by Gasteiger charge is 2.25. The number of para-hydroxylation sites is 1. The Kier molecular flexibility index (Phi) is 6.95. The van der Waals surface area contributed by atoms with Gasteiger partial charge >= 0.3 is 0 Å². The molecular formula is C20H26FN3O. The van der Waals surface area contributed by atoms with E-state index in [1.807, 2.05) is 25.2 Å². The van der Waals surface area contributed by atoms with Gasteiger partial charge in [-0.3, -0.25) is 9.69 Å². The third-order valence-corrected chi connectivity index (χ3v) is 4.13. The van der Waals surface area contributed by atoms with Gasteiger partial charge in [-0.1, -0.05) is 36.4 Å². The number of rotatable bonds is 8. The molecule has 0 aliphatic rings. The van der Waals surface area contributed by atoms with E-state index in [0.717, 1.165) is 18.7 Å². The molecular weight excluding hydrogens is 317 g/mol. The Labute approximate surface area is 149 Å². The number of anilines is 1. The molecule has 25 heavy (non-hydrogen) atoms. The lowest BCUT2D eigenvalue weighted by Gasteiger charge is -2.24. The predicted octanol–water partition coefficient (Wildman–Crippen LogP) is 3.07. The molecule has 1 atom stereocenters. The van der Waals surface area contributed by atoms with E-state index >= 15 is 0 Å². The fourth-order valence-electron chi connectivity index (χ4n) is 2.79. The number of likely N-dealkylation sites (N-methyl/N-ethyl adjacent to an activating group) is 1. The van der Waals surface area contributed by atoms with Crippen molar-refractivity contribution in [3.8, 4) is 0 Å². The highest BCUT2D eigenvalue weighted by molar-refractivity contribution is 5.83. The molecule has 0 heterocycles. The fraction of sp³-hybridized carbons (Fsp3) is 0.350. The van der Waals surface area contributed by atoms with E-state index < -0.39 is 6.04 Å². The molecule has 0 spiro atoms. The van der Waals surface area contributed by atoms with Gasteiger partial charge in [0.1, 0.15) is 11.9 Å². The molecule has 0 unspecified atom stereocenters. The summed E-state index contributed by atoms with van der Waals surface area (Å²) in [4.78, 5) is 16.4. The van der Waals surface area contributed by atoms with Gasteiger partial charge in [0.25, 0.3) is 0 Å². The zero-order valence-electron chi connectivity index (χ0n) is 15.1. The molecule has 1 N–H and O–H groups in total. The molecule has 0 radical (unpaired) electrons. The van der Waals surface area contributed by atoms with E-state index in [1.54, 1.807) is 37.2 Å². The van der Waals surface area contributed by atoms with Crippen molar-refractivity contribution in [2.75, 3.05) is 39.1 Å². The molecule has 0 bridgehead atoms. The number of halogens is 1. The first-order chi connectivity index (χ1) is 12.0. The Bertz CT molecular complexity index is 676. The Morgan fingerprint density at radius 1 is 1.04 bits per heavy atom. The lowest BCUT2D eigenvalue weighted by Crippen LogP contribution is -2.38.